The highest BCUT2D eigenvalue weighted by atomic mass is 16.6. The lowest BCUT2D eigenvalue weighted by molar-refractivity contribution is -0.167. The van der Waals surface area contributed by atoms with Crippen molar-refractivity contribution in [3.8, 4) is 0 Å². The lowest BCUT2D eigenvalue weighted by atomic mass is 10.0. The molecule has 0 spiro atoms. The van der Waals surface area contributed by atoms with E-state index in [9.17, 15) is 14.4 Å². The Morgan fingerprint density at radius 2 is 0.500 bits per heavy atom. The summed E-state index contributed by atoms with van der Waals surface area (Å²) in [7, 11) is 0. The normalized spacial score (nSPS) is 12.4. The van der Waals surface area contributed by atoms with Crippen LogP contribution >= 0.6 is 0 Å². The van der Waals surface area contributed by atoms with Gasteiger partial charge < -0.3 is 14.2 Å². The van der Waals surface area contributed by atoms with E-state index >= 15 is 0 Å². The molecule has 0 aromatic carbocycles. The van der Waals surface area contributed by atoms with Gasteiger partial charge in [-0.3, -0.25) is 14.4 Å². The average molecular weight is 1010 g/mol. The van der Waals surface area contributed by atoms with Crippen molar-refractivity contribution in [3.05, 3.63) is 60.8 Å². The molecule has 0 aromatic heterocycles. The second kappa shape index (κ2) is 60.7. The molecule has 0 aliphatic carbocycles. The van der Waals surface area contributed by atoms with Crippen molar-refractivity contribution in [2.45, 2.75) is 329 Å². The Kier molecular flexibility index (Phi) is 58.2. The molecule has 6 nitrogen and oxygen atoms in total. The Hall–Kier alpha value is -2.89. The number of carbonyl (C=O) groups is 3. The molecule has 0 aliphatic rings. The Morgan fingerprint density at radius 3 is 0.806 bits per heavy atom. The third-order valence-corrected chi connectivity index (χ3v) is 13.7. The molecule has 0 fully saturated rings. The summed E-state index contributed by atoms with van der Waals surface area (Å²) >= 11 is 0. The number of allylic oxidation sites excluding steroid dienone is 10. The van der Waals surface area contributed by atoms with Gasteiger partial charge in [-0.15, -0.1) is 0 Å². The lowest BCUT2D eigenvalue weighted by Crippen LogP contribution is -2.30. The van der Waals surface area contributed by atoms with E-state index in [0.29, 0.717) is 19.3 Å². The smallest absolute Gasteiger partial charge is 0.306 e. The molecule has 0 saturated heterocycles. The number of rotatable bonds is 57. The van der Waals surface area contributed by atoms with E-state index in [2.05, 4.69) is 81.5 Å². The second-order valence-electron chi connectivity index (χ2n) is 21.0. The summed E-state index contributed by atoms with van der Waals surface area (Å²) in [5.41, 5.74) is 0. The third kappa shape index (κ3) is 58.0. The highest BCUT2D eigenvalue weighted by Crippen LogP contribution is 2.17. The Bertz CT molecular complexity index is 1290. The van der Waals surface area contributed by atoms with Crippen LogP contribution in [-0.2, 0) is 28.6 Å². The molecule has 0 rings (SSSR count). The van der Waals surface area contributed by atoms with Gasteiger partial charge in [0, 0.05) is 19.3 Å². The van der Waals surface area contributed by atoms with Crippen LogP contribution in [0.4, 0.5) is 0 Å². The zero-order valence-electron chi connectivity index (χ0n) is 47.9. The molecule has 0 N–H and O–H groups in total. The molecule has 0 saturated carbocycles. The summed E-state index contributed by atoms with van der Waals surface area (Å²) < 4.78 is 16.8. The van der Waals surface area contributed by atoms with Crippen molar-refractivity contribution in [1.29, 1.82) is 0 Å². The van der Waals surface area contributed by atoms with Crippen LogP contribution < -0.4 is 0 Å². The molecule has 0 aliphatic heterocycles. The van der Waals surface area contributed by atoms with Crippen LogP contribution in [0.25, 0.3) is 0 Å². The molecule has 1 unspecified atom stereocenters. The molecule has 6 heteroatoms. The van der Waals surface area contributed by atoms with Crippen LogP contribution in [0.5, 0.6) is 0 Å². The highest BCUT2D eigenvalue weighted by molar-refractivity contribution is 5.71. The molecule has 0 amide bonds. The Morgan fingerprint density at radius 1 is 0.278 bits per heavy atom. The predicted octanol–water partition coefficient (Wildman–Crippen LogP) is 21.2. The van der Waals surface area contributed by atoms with Gasteiger partial charge >= 0.3 is 17.9 Å². The van der Waals surface area contributed by atoms with E-state index in [4.69, 9.17) is 14.2 Å². The van der Waals surface area contributed by atoms with Gasteiger partial charge in [0.25, 0.3) is 0 Å². The van der Waals surface area contributed by atoms with Crippen molar-refractivity contribution in [2.24, 2.45) is 0 Å². The fourth-order valence-electron chi connectivity index (χ4n) is 9.01. The Labute approximate surface area is 447 Å². The maximum atomic E-state index is 12.8. The van der Waals surface area contributed by atoms with Gasteiger partial charge in [-0.1, -0.05) is 274 Å². The first-order chi connectivity index (χ1) is 35.5. The molecule has 72 heavy (non-hydrogen) atoms. The average Bonchev–Trinajstić information content (AvgIpc) is 3.38. The largest absolute Gasteiger partial charge is 0.462 e. The van der Waals surface area contributed by atoms with Crippen molar-refractivity contribution in [3.63, 3.8) is 0 Å². The topological polar surface area (TPSA) is 78.9 Å². The number of unbranched alkanes of at least 4 members (excludes halogenated alkanes) is 36. The highest BCUT2D eigenvalue weighted by Gasteiger charge is 2.19. The Balaban J connectivity index is 3.96. The number of hydrogen-bond donors (Lipinski definition) is 0. The maximum absolute atomic E-state index is 12.8. The fourth-order valence-corrected chi connectivity index (χ4v) is 9.01. The first-order valence-electron chi connectivity index (χ1n) is 31.3. The second-order valence-corrected chi connectivity index (χ2v) is 21.0. The molecule has 0 bridgehead atoms. The zero-order valence-corrected chi connectivity index (χ0v) is 47.9. The maximum Gasteiger partial charge on any atom is 0.306 e. The quantitative estimate of drug-likeness (QED) is 0.0261. The van der Waals surface area contributed by atoms with Gasteiger partial charge in [0.1, 0.15) is 13.2 Å². The summed E-state index contributed by atoms with van der Waals surface area (Å²) in [6.45, 7) is 6.56. The predicted molar refractivity (Wildman–Crippen MR) is 312 cm³/mol. The van der Waals surface area contributed by atoms with E-state index in [0.717, 1.165) is 96.3 Å². The first kappa shape index (κ1) is 69.1. The number of esters is 3. The van der Waals surface area contributed by atoms with Gasteiger partial charge in [-0.2, -0.15) is 0 Å². The van der Waals surface area contributed by atoms with Crippen molar-refractivity contribution in [2.75, 3.05) is 13.2 Å². The standard InChI is InChI=1S/C66H118O6/c1-4-7-10-13-16-18-20-22-24-25-26-27-28-29-30-31-32-33-34-35-36-37-38-39-40-41-43-44-46-48-50-53-56-59-65(68)71-62-63(61-70-64(67)58-55-52-15-12-9-6-3)72-66(69)60-57-54-51-49-47-45-42-23-21-19-17-14-11-8-5-2/h17,19-20,22-23,25-26,28-29,42,63H,4-16,18,21,24,27,30-41,43-62H2,1-3H3/b19-17-,22-20-,26-25-,29-28-,42-23-. The SMILES string of the molecule is CCCCC/C=C\C/C=C\CCCCCCCC(=O)OC(COC(=O)CCCCCCCC)COC(=O)CCCCCCCCCCCCCCCCCCCC/C=C\C/C=C\C/C=C\CCCCCCC. The van der Waals surface area contributed by atoms with Crippen molar-refractivity contribution < 1.29 is 28.6 Å². The number of ether oxygens (including phenoxy) is 3. The zero-order chi connectivity index (χ0) is 52.2. The van der Waals surface area contributed by atoms with Gasteiger partial charge in [0.15, 0.2) is 6.10 Å². The van der Waals surface area contributed by atoms with Crippen LogP contribution in [0, 0.1) is 0 Å². The summed E-state index contributed by atoms with van der Waals surface area (Å²) in [5.74, 6) is -0.889. The summed E-state index contributed by atoms with van der Waals surface area (Å²) in [4.78, 5) is 37.9. The molecule has 0 heterocycles. The molecule has 1 atom stereocenters. The van der Waals surface area contributed by atoms with Gasteiger partial charge in [0.2, 0.25) is 0 Å². The summed E-state index contributed by atoms with van der Waals surface area (Å²) in [5, 5.41) is 0. The minimum atomic E-state index is -0.776. The van der Waals surface area contributed by atoms with Crippen LogP contribution in [0.2, 0.25) is 0 Å². The van der Waals surface area contributed by atoms with E-state index in [-0.39, 0.29) is 31.1 Å². The first-order valence-corrected chi connectivity index (χ1v) is 31.3. The van der Waals surface area contributed by atoms with E-state index < -0.39 is 6.10 Å². The van der Waals surface area contributed by atoms with Gasteiger partial charge in [0.05, 0.1) is 0 Å². The van der Waals surface area contributed by atoms with Crippen molar-refractivity contribution in [1.82, 2.24) is 0 Å². The molecule has 418 valence electrons. The number of hydrogen-bond acceptors (Lipinski definition) is 6. The van der Waals surface area contributed by atoms with Crippen LogP contribution in [0.3, 0.4) is 0 Å². The van der Waals surface area contributed by atoms with Crippen LogP contribution in [-0.4, -0.2) is 37.2 Å². The lowest BCUT2D eigenvalue weighted by Gasteiger charge is -2.18. The molecular formula is C66H118O6. The van der Waals surface area contributed by atoms with Crippen LogP contribution in [0.15, 0.2) is 60.8 Å². The van der Waals surface area contributed by atoms with Gasteiger partial charge in [-0.05, 0) is 89.9 Å². The molecule has 0 aromatic rings. The summed E-state index contributed by atoms with van der Waals surface area (Å²) in [6, 6.07) is 0. The van der Waals surface area contributed by atoms with E-state index in [1.54, 1.807) is 0 Å². The third-order valence-electron chi connectivity index (χ3n) is 13.7. The molecular weight excluding hydrogens is 889 g/mol. The van der Waals surface area contributed by atoms with Crippen LogP contribution in [0.1, 0.15) is 323 Å². The minimum absolute atomic E-state index is 0.0768. The fraction of sp³-hybridized carbons (Fsp3) is 0.803. The molecule has 0 radical (unpaired) electrons. The van der Waals surface area contributed by atoms with Crippen molar-refractivity contribution >= 4 is 17.9 Å². The monoisotopic (exact) mass is 1010 g/mol. The van der Waals surface area contributed by atoms with E-state index in [1.807, 2.05) is 0 Å². The number of carbonyl (C=O) groups excluding carboxylic acids is 3. The summed E-state index contributed by atoms with van der Waals surface area (Å²) in [6.07, 6.45) is 77.0. The van der Waals surface area contributed by atoms with Gasteiger partial charge in [-0.25, -0.2) is 0 Å². The minimum Gasteiger partial charge on any atom is -0.462 e. The van der Waals surface area contributed by atoms with E-state index in [1.165, 1.54) is 186 Å².